The predicted molar refractivity (Wildman–Crippen MR) is 79.1 cm³/mol. The number of benzene rings is 1. The van der Waals surface area contributed by atoms with Crippen molar-refractivity contribution in [1.29, 1.82) is 0 Å². The number of ether oxygens (including phenoxy) is 1. The van der Waals surface area contributed by atoms with Gasteiger partial charge in [0, 0.05) is 16.8 Å². The summed E-state index contributed by atoms with van der Waals surface area (Å²) in [5, 5.41) is 10.3. The second-order valence-corrected chi connectivity index (χ2v) is 6.15. The zero-order valence-corrected chi connectivity index (χ0v) is 12.0. The number of rotatable bonds is 4. The number of thiazole rings is 1. The molecule has 2 unspecified atom stereocenters. The normalized spacial score (nSPS) is 21.2. The number of hydrogen-bond acceptors (Lipinski definition) is 4. The Balaban J connectivity index is 1.68. The van der Waals surface area contributed by atoms with E-state index in [2.05, 4.69) is 34.2 Å². The molecule has 0 bridgehead atoms. The molecule has 0 saturated heterocycles. The summed E-state index contributed by atoms with van der Waals surface area (Å²) in [6.45, 7) is 2.81. The van der Waals surface area contributed by atoms with Crippen LogP contribution in [0.2, 0.25) is 0 Å². The summed E-state index contributed by atoms with van der Waals surface area (Å²) < 4.78 is 6.01. The number of nitrogens with one attached hydrogen (secondary N) is 1. The fraction of sp³-hybridized carbons (Fsp3) is 0.333. The molecule has 1 aliphatic carbocycles. The molecule has 5 heteroatoms. The van der Waals surface area contributed by atoms with E-state index >= 15 is 0 Å². The van der Waals surface area contributed by atoms with Crippen LogP contribution in [0.25, 0.3) is 10.9 Å². The summed E-state index contributed by atoms with van der Waals surface area (Å²) >= 11 is 1.59. The second kappa shape index (κ2) is 4.59. The number of nitrogens with zero attached hydrogens (tertiary/aromatic N) is 2. The topological polar surface area (TPSA) is 50.8 Å². The van der Waals surface area contributed by atoms with E-state index in [0.29, 0.717) is 12.5 Å². The van der Waals surface area contributed by atoms with E-state index in [1.54, 1.807) is 11.3 Å². The third kappa shape index (κ3) is 2.08. The SMILES string of the molecule is CC1CC1c1cc2cn[nH]c2cc1OCc1cscn1. The van der Waals surface area contributed by atoms with Crippen molar-refractivity contribution in [1.82, 2.24) is 15.2 Å². The maximum atomic E-state index is 6.01. The molecule has 0 aliphatic heterocycles. The van der Waals surface area contributed by atoms with Gasteiger partial charge in [0.05, 0.1) is 22.9 Å². The molecule has 1 aliphatic rings. The Morgan fingerprint density at radius 3 is 3.10 bits per heavy atom. The highest BCUT2D eigenvalue weighted by Gasteiger charge is 2.36. The Morgan fingerprint density at radius 1 is 1.45 bits per heavy atom. The first-order valence-corrected chi connectivity index (χ1v) is 7.72. The van der Waals surface area contributed by atoms with Crippen LogP contribution in [0, 0.1) is 5.92 Å². The van der Waals surface area contributed by atoms with Crippen LogP contribution in [0.15, 0.2) is 29.2 Å². The average molecular weight is 285 g/mol. The molecular weight excluding hydrogens is 270 g/mol. The van der Waals surface area contributed by atoms with E-state index in [9.17, 15) is 0 Å². The van der Waals surface area contributed by atoms with Crippen molar-refractivity contribution in [3.8, 4) is 5.75 Å². The highest BCUT2D eigenvalue weighted by Crippen LogP contribution is 2.50. The molecule has 4 rings (SSSR count). The molecule has 2 aromatic heterocycles. The third-order valence-electron chi connectivity index (χ3n) is 3.94. The number of H-pyrrole nitrogens is 1. The molecule has 2 atom stereocenters. The molecule has 1 saturated carbocycles. The lowest BCUT2D eigenvalue weighted by atomic mass is 10.1. The minimum absolute atomic E-state index is 0.525. The molecular formula is C15H15N3OS. The van der Waals surface area contributed by atoms with Gasteiger partial charge in [0.2, 0.25) is 0 Å². The van der Waals surface area contributed by atoms with Crippen molar-refractivity contribution in [3.05, 3.63) is 40.5 Å². The van der Waals surface area contributed by atoms with Gasteiger partial charge in [-0.3, -0.25) is 5.10 Å². The molecule has 1 aromatic carbocycles. The number of fused-ring (bicyclic) bond motifs is 1. The van der Waals surface area contributed by atoms with Gasteiger partial charge in [0.25, 0.3) is 0 Å². The molecule has 0 spiro atoms. The van der Waals surface area contributed by atoms with Crippen molar-refractivity contribution in [2.24, 2.45) is 5.92 Å². The number of aromatic nitrogens is 3. The van der Waals surface area contributed by atoms with Crippen LogP contribution in [0.5, 0.6) is 5.75 Å². The van der Waals surface area contributed by atoms with Gasteiger partial charge in [-0.25, -0.2) is 4.98 Å². The van der Waals surface area contributed by atoms with Crippen molar-refractivity contribution in [2.45, 2.75) is 25.9 Å². The smallest absolute Gasteiger partial charge is 0.131 e. The maximum Gasteiger partial charge on any atom is 0.131 e. The van der Waals surface area contributed by atoms with Crippen LogP contribution < -0.4 is 4.74 Å². The van der Waals surface area contributed by atoms with Gasteiger partial charge < -0.3 is 4.74 Å². The van der Waals surface area contributed by atoms with Crippen LogP contribution >= 0.6 is 11.3 Å². The Bertz CT molecular complexity index is 735. The monoisotopic (exact) mass is 285 g/mol. The summed E-state index contributed by atoms with van der Waals surface area (Å²) in [6.07, 6.45) is 3.12. The third-order valence-corrected chi connectivity index (χ3v) is 4.57. The Hall–Kier alpha value is -1.88. The fourth-order valence-electron chi connectivity index (χ4n) is 2.62. The maximum absolute atomic E-state index is 6.01. The average Bonchev–Trinajstić information content (AvgIpc) is 2.89. The number of aromatic amines is 1. The molecule has 0 amide bonds. The van der Waals surface area contributed by atoms with E-state index in [4.69, 9.17) is 4.74 Å². The Labute approximate surface area is 120 Å². The Morgan fingerprint density at radius 2 is 2.35 bits per heavy atom. The lowest BCUT2D eigenvalue weighted by Gasteiger charge is -2.11. The van der Waals surface area contributed by atoms with E-state index in [0.717, 1.165) is 28.3 Å². The van der Waals surface area contributed by atoms with Crippen LogP contribution in [0.1, 0.15) is 30.5 Å². The molecule has 2 heterocycles. The van der Waals surface area contributed by atoms with Crippen LogP contribution in [0.4, 0.5) is 0 Å². The van der Waals surface area contributed by atoms with Crippen molar-refractivity contribution < 1.29 is 4.74 Å². The van der Waals surface area contributed by atoms with E-state index in [1.165, 1.54) is 12.0 Å². The standard InChI is InChI=1S/C15H15N3OS/c1-9-2-12(9)13-3-10-5-17-18-14(10)4-15(13)19-6-11-7-20-8-16-11/h3-5,7-9,12H,2,6H2,1H3,(H,17,18). The Kier molecular flexibility index (Phi) is 2.73. The first-order valence-electron chi connectivity index (χ1n) is 6.78. The molecule has 1 fully saturated rings. The van der Waals surface area contributed by atoms with Gasteiger partial charge in [-0.15, -0.1) is 11.3 Å². The van der Waals surface area contributed by atoms with Gasteiger partial charge >= 0.3 is 0 Å². The van der Waals surface area contributed by atoms with Crippen molar-refractivity contribution >= 4 is 22.2 Å². The van der Waals surface area contributed by atoms with Gasteiger partial charge in [0.1, 0.15) is 12.4 Å². The van der Waals surface area contributed by atoms with E-state index < -0.39 is 0 Å². The molecule has 4 nitrogen and oxygen atoms in total. The molecule has 3 aromatic rings. The summed E-state index contributed by atoms with van der Waals surface area (Å²) in [5.41, 5.74) is 5.15. The number of hydrogen-bond donors (Lipinski definition) is 1. The predicted octanol–water partition coefficient (Wildman–Crippen LogP) is 3.72. The van der Waals surface area contributed by atoms with Gasteiger partial charge in [-0.05, 0) is 29.9 Å². The summed E-state index contributed by atoms with van der Waals surface area (Å²) in [6, 6.07) is 4.28. The zero-order chi connectivity index (χ0) is 13.5. The summed E-state index contributed by atoms with van der Waals surface area (Å²) in [5.74, 6) is 2.34. The highest BCUT2D eigenvalue weighted by atomic mass is 32.1. The second-order valence-electron chi connectivity index (χ2n) is 5.44. The summed E-state index contributed by atoms with van der Waals surface area (Å²) in [7, 11) is 0. The minimum atomic E-state index is 0.525. The molecule has 1 N–H and O–H groups in total. The van der Waals surface area contributed by atoms with Crippen LogP contribution in [-0.2, 0) is 6.61 Å². The quantitative estimate of drug-likeness (QED) is 0.794. The van der Waals surface area contributed by atoms with Crippen molar-refractivity contribution in [3.63, 3.8) is 0 Å². The molecule has 20 heavy (non-hydrogen) atoms. The first kappa shape index (κ1) is 11.9. The van der Waals surface area contributed by atoms with Gasteiger partial charge in [0.15, 0.2) is 0 Å². The summed E-state index contributed by atoms with van der Waals surface area (Å²) in [4.78, 5) is 4.26. The molecule has 0 radical (unpaired) electrons. The first-order chi connectivity index (χ1) is 9.81. The largest absolute Gasteiger partial charge is 0.487 e. The van der Waals surface area contributed by atoms with Gasteiger partial charge in [-0.1, -0.05) is 6.92 Å². The van der Waals surface area contributed by atoms with E-state index in [1.807, 2.05) is 17.1 Å². The van der Waals surface area contributed by atoms with Crippen LogP contribution in [-0.4, -0.2) is 15.2 Å². The van der Waals surface area contributed by atoms with Crippen LogP contribution in [0.3, 0.4) is 0 Å². The van der Waals surface area contributed by atoms with Crippen molar-refractivity contribution in [2.75, 3.05) is 0 Å². The lowest BCUT2D eigenvalue weighted by molar-refractivity contribution is 0.299. The van der Waals surface area contributed by atoms with Gasteiger partial charge in [-0.2, -0.15) is 5.10 Å². The van der Waals surface area contributed by atoms with E-state index in [-0.39, 0.29) is 0 Å². The lowest BCUT2D eigenvalue weighted by Crippen LogP contribution is -1.99. The minimum Gasteiger partial charge on any atom is -0.487 e. The molecule has 102 valence electrons. The highest BCUT2D eigenvalue weighted by molar-refractivity contribution is 7.07. The fourth-order valence-corrected chi connectivity index (χ4v) is 3.16. The zero-order valence-electron chi connectivity index (χ0n) is 11.2.